The van der Waals surface area contributed by atoms with E-state index in [0.29, 0.717) is 16.3 Å². The summed E-state index contributed by atoms with van der Waals surface area (Å²) in [5, 5.41) is 2.91. The first-order valence-electron chi connectivity index (χ1n) is 3.75. The van der Waals surface area contributed by atoms with E-state index in [4.69, 9.17) is 11.6 Å². The van der Waals surface area contributed by atoms with E-state index in [9.17, 15) is 9.18 Å². The van der Waals surface area contributed by atoms with Gasteiger partial charge in [0, 0.05) is 23.2 Å². The molecule has 0 saturated carbocycles. The Labute approximate surface area is 80.7 Å². The maximum Gasteiger partial charge on any atom is 0.221 e. The van der Waals surface area contributed by atoms with Crippen molar-refractivity contribution in [1.82, 2.24) is 0 Å². The molecule has 1 N–H and O–H groups in total. The molecule has 1 aromatic rings. The van der Waals surface area contributed by atoms with E-state index in [2.05, 4.69) is 5.32 Å². The van der Waals surface area contributed by atoms with Gasteiger partial charge in [0.15, 0.2) is 0 Å². The molecular weight excluding hydrogens is 193 g/mol. The summed E-state index contributed by atoms with van der Waals surface area (Å²) in [5.41, 5.74) is 0.942. The Hall–Kier alpha value is -1.09. The zero-order valence-corrected chi connectivity index (χ0v) is 7.86. The van der Waals surface area contributed by atoms with Gasteiger partial charge in [-0.1, -0.05) is 11.6 Å². The maximum absolute atomic E-state index is 12.3. The van der Waals surface area contributed by atoms with E-state index in [1.807, 2.05) is 0 Å². The van der Waals surface area contributed by atoms with Crippen LogP contribution in [-0.4, -0.2) is 5.91 Å². The van der Waals surface area contributed by atoms with Gasteiger partial charge in [-0.2, -0.15) is 0 Å². The number of anilines is 1. The molecule has 70 valence electrons. The molecule has 0 aliphatic carbocycles. The molecule has 1 amide bonds. The molecule has 0 aromatic heterocycles. The zero-order valence-electron chi connectivity index (χ0n) is 7.10. The Bertz CT molecular complexity index is 327. The highest BCUT2D eigenvalue weighted by atomic mass is 35.5. The Morgan fingerprint density at radius 1 is 1.62 bits per heavy atom. The fraction of sp³-hybridized carbons (Fsp3) is 0.222. The highest BCUT2D eigenvalue weighted by molar-refractivity contribution is 6.31. The number of alkyl halides is 1. The number of carbonyl (C=O) groups excluding carboxylic acids is 1. The normalized spacial score (nSPS) is 9.77. The fourth-order valence-electron chi connectivity index (χ4n) is 0.958. The summed E-state index contributed by atoms with van der Waals surface area (Å²) in [6.07, 6.45) is 0. The molecule has 0 saturated heterocycles. The molecule has 0 atom stereocenters. The van der Waals surface area contributed by atoms with Crippen molar-refractivity contribution >= 4 is 23.2 Å². The number of halogens is 2. The highest BCUT2D eigenvalue weighted by Gasteiger charge is 2.02. The molecule has 13 heavy (non-hydrogen) atoms. The van der Waals surface area contributed by atoms with Crippen molar-refractivity contribution in [1.29, 1.82) is 0 Å². The number of amides is 1. The summed E-state index contributed by atoms with van der Waals surface area (Å²) in [5.74, 6) is -0.188. The predicted octanol–water partition coefficient (Wildman–Crippen LogP) is 2.77. The van der Waals surface area contributed by atoms with Crippen molar-refractivity contribution in [3.8, 4) is 0 Å². The largest absolute Gasteiger partial charge is 0.326 e. The summed E-state index contributed by atoms with van der Waals surface area (Å²) in [6.45, 7) is 0.760. The first kappa shape index (κ1) is 9.99. The third kappa shape index (κ3) is 2.70. The van der Waals surface area contributed by atoms with Crippen molar-refractivity contribution in [3.05, 3.63) is 28.8 Å². The molecule has 1 rings (SSSR count). The fourth-order valence-corrected chi connectivity index (χ4v) is 1.13. The van der Waals surface area contributed by atoms with Crippen LogP contribution in [0.5, 0.6) is 0 Å². The van der Waals surface area contributed by atoms with E-state index in [-0.39, 0.29) is 5.91 Å². The second-order valence-electron chi connectivity index (χ2n) is 2.62. The monoisotopic (exact) mass is 201 g/mol. The van der Waals surface area contributed by atoms with E-state index < -0.39 is 6.67 Å². The van der Waals surface area contributed by atoms with Gasteiger partial charge in [0.25, 0.3) is 0 Å². The number of benzene rings is 1. The summed E-state index contributed by atoms with van der Waals surface area (Å²) in [7, 11) is 0. The lowest BCUT2D eigenvalue weighted by atomic mass is 10.2. The lowest BCUT2D eigenvalue weighted by Gasteiger charge is -2.04. The second-order valence-corrected chi connectivity index (χ2v) is 3.03. The standard InChI is InChI=1S/C9H9ClFNO/c1-6(13)12-8-2-3-9(10)7(4-8)5-11/h2-4H,5H2,1H3,(H,12,13). The molecule has 0 spiro atoms. The minimum Gasteiger partial charge on any atom is -0.326 e. The van der Waals surface area contributed by atoms with Crippen LogP contribution in [0.4, 0.5) is 10.1 Å². The molecular formula is C9H9ClFNO. The number of hydrogen-bond acceptors (Lipinski definition) is 1. The number of hydrogen-bond donors (Lipinski definition) is 1. The zero-order chi connectivity index (χ0) is 9.84. The van der Waals surface area contributed by atoms with Crippen LogP contribution >= 0.6 is 11.6 Å². The number of carbonyl (C=O) groups is 1. The van der Waals surface area contributed by atoms with Gasteiger partial charge < -0.3 is 5.32 Å². The molecule has 0 radical (unpaired) electrons. The maximum atomic E-state index is 12.3. The number of rotatable bonds is 2. The van der Waals surface area contributed by atoms with Gasteiger partial charge in [0.05, 0.1) is 0 Å². The summed E-state index contributed by atoms with van der Waals surface area (Å²) in [4.78, 5) is 10.7. The quantitative estimate of drug-likeness (QED) is 0.783. The van der Waals surface area contributed by atoms with E-state index in [0.717, 1.165) is 0 Å². The summed E-state index contributed by atoms with van der Waals surface area (Å²) < 4.78 is 12.3. The van der Waals surface area contributed by atoms with Crippen LogP contribution < -0.4 is 5.32 Å². The molecule has 2 nitrogen and oxygen atoms in total. The van der Waals surface area contributed by atoms with Gasteiger partial charge in [0.2, 0.25) is 5.91 Å². The second kappa shape index (κ2) is 4.23. The topological polar surface area (TPSA) is 29.1 Å². The van der Waals surface area contributed by atoms with Crippen molar-refractivity contribution in [3.63, 3.8) is 0 Å². The lowest BCUT2D eigenvalue weighted by Crippen LogP contribution is -2.05. The molecule has 1 aromatic carbocycles. The van der Waals surface area contributed by atoms with Crippen molar-refractivity contribution in [2.75, 3.05) is 5.32 Å². The molecule has 0 aliphatic heterocycles. The molecule has 0 unspecified atom stereocenters. The molecule has 0 aliphatic rings. The van der Waals surface area contributed by atoms with Gasteiger partial charge in [-0.05, 0) is 18.2 Å². The average molecular weight is 202 g/mol. The van der Waals surface area contributed by atoms with Crippen LogP contribution in [0.15, 0.2) is 18.2 Å². The third-order valence-corrected chi connectivity index (χ3v) is 1.88. The van der Waals surface area contributed by atoms with Crippen LogP contribution in [0.3, 0.4) is 0 Å². The van der Waals surface area contributed by atoms with Crippen LogP contribution in [-0.2, 0) is 11.5 Å². The molecule has 0 bridgehead atoms. The van der Waals surface area contributed by atoms with Gasteiger partial charge in [-0.25, -0.2) is 4.39 Å². The van der Waals surface area contributed by atoms with Crippen LogP contribution in [0.2, 0.25) is 5.02 Å². The smallest absolute Gasteiger partial charge is 0.221 e. The van der Waals surface area contributed by atoms with Gasteiger partial charge >= 0.3 is 0 Å². The van der Waals surface area contributed by atoms with E-state index in [1.165, 1.54) is 13.0 Å². The first-order chi connectivity index (χ1) is 6.13. The van der Waals surface area contributed by atoms with Crippen molar-refractivity contribution in [2.45, 2.75) is 13.6 Å². The minimum atomic E-state index is -0.633. The Morgan fingerprint density at radius 2 is 2.31 bits per heavy atom. The van der Waals surface area contributed by atoms with Gasteiger partial charge in [0.1, 0.15) is 6.67 Å². The lowest BCUT2D eigenvalue weighted by molar-refractivity contribution is -0.114. The van der Waals surface area contributed by atoms with Gasteiger partial charge in [-0.3, -0.25) is 4.79 Å². The average Bonchev–Trinajstić information content (AvgIpc) is 2.07. The minimum absolute atomic E-state index is 0.188. The molecule has 0 fully saturated rings. The van der Waals surface area contributed by atoms with Crippen LogP contribution in [0, 0.1) is 0 Å². The highest BCUT2D eigenvalue weighted by Crippen LogP contribution is 2.21. The van der Waals surface area contributed by atoms with Crippen LogP contribution in [0.1, 0.15) is 12.5 Å². The molecule has 4 heteroatoms. The van der Waals surface area contributed by atoms with Crippen LogP contribution in [0.25, 0.3) is 0 Å². The summed E-state index contributed by atoms with van der Waals surface area (Å²) in [6, 6.07) is 4.70. The predicted molar refractivity (Wildman–Crippen MR) is 50.6 cm³/mol. The Kier molecular flexibility index (Phi) is 3.25. The van der Waals surface area contributed by atoms with E-state index in [1.54, 1.807) is 12.1 Å². The van der Waals surface area contributed by atoms with Gasteiger partial charge in [-0.15, -0.1) is 0 Å². The Morgan fingerprint density at radius 3 is 2.85 bits per heavy atom. The Balaban J connectivity index is 2.92. The number of nitrogens with one attached hydrogen (secondary N) is 1. The molecule has 0 heterocycles. The van der Waals surface area contributed by atoms with E-state index >= 15 is 0 Å². The summed E-state index contributed by atoms with van der Waals surface area (Å²) >= 11 is 5.68. The SMILES string of the molecule is CC(=O)Nc1ccc(Cl)c(CF)c1. The van der Waals surface area contributed by atoms with Crippen molar-refractivity contribution < 1.29 is 9.18 Å². The first-order valence-corrected chi connectivity index (χ1v) is 4.13. The van der Waals surface area contributed by atoms with Crippen molar-refractivity contribution in [2.24, 2.45) is 0 Å². The third-order valence-electron chi connectivity index (χ3n) is 1.51.